The molecule has 0 bridgehead atoms. The van der Waals surface area contributed by atoms with E-state index in [0.29, 0.717) is 43.1 Å². The maximum atomic E-state index is 12.7. The zero-order chi connectivity index (χ0) is 21.6. The number of benzene rings is 2. The third-order valence-electron chi connectivity index (χ3n) is 5.54. The highest BCUT2D eigenvalue weighted by molar-refractivity contribution is 7.88. The van der Waals surface area contributed by atoms with Crippen LogP contribution < -0.4 is 5.32 Å². The predicted molar refractivity (Wildman–Crippen MR) is 121 cm³/mol. The van der Waals surface area contributed by atoms with Crippen molar-refractivity contribution in [1.82, 2.24) is 9.62 Å². The summed E-state index contributed by atoms with van der Waals surface area (Å²) >= 11 is 6.11. The van der Waals surface area contributed by atoms with Crippen LogP contribution in [0.4, 0.5) is 0 Å². The first-order chi connectivity index (χ1) is 14.3. The molecule has 1 heterocycles. The Labute approximate surface area is 184 Å². The van der Waals surface area contributed by atoms with E-state index in [2.05, 4.69) is 36.5 Å². The molecule has 1 N–H and O–H groups in total. The Hall–Kier alpha value is -1.89. The molecule has 0 radical (unpaired) electrons. The third-order valence-corrected chi connectivity index (χ3v) is 7.73. The highest BCUT2D eigenvalue weighted by Gasteiger charge is 2.31. The normalized spacial score (nSPS) is 15.8. The quantitative estimate of drug-likeness (QED) is 0.622. The smallest absolute Gasteiger partial charge is 0.223 e. The summed E-state index contributed by atoms with van der Waals surface area (Å²) in [5, 5.41) is 3.47. The van der Waals surface area contributed by atoms with E-state index in [1.807, 2.05) is 0 Å². The Balaban J connectivity index is 1.42. The number of rotatable bonds is 8. The van der Waals surface area contributed by atoms with Gasteiger partial charge in [0, 0.05) is 30.6 Å². The van der Waals surface area contributed by atoms with Gasteiger partial charge in [0.15, 0.2) is 0 Å². The monoisotopic (exact) mass is 448 g/mol. The predicted octanol–water partition coefficient (Wildman–Crippen LogP) is 3.94. The number of amides is 1. The molecule has 5 nitrogen and oxygen atoms in total. The number of hydrogen-bond acceptors (Lipinski definition) is 3. The fraction of sp³-hybridized carbons (Fsp3) is 0.435. The lowest BCUT2D eigenvalue weighted by molar-refractivity contribution is -0.126. The standard InChI is InChI=1S/C23H29ClN2O3S/c1-18-6-4-7-19(16-18)8-5-13-25-23(27)20-11-14-26(15-12-20)30(28,29)17-21-9-2-3-10-22(21)24/h2-4,6-7,9-10,16,20H,5,8,11-15,17H2,1H3,(H,25,27). The summed E-state index contributed by atoms with van der Waals surface area (Å²) in [6.07, 6.45) is 2.91. The zero-order valence-corrected chi connectivity index (χ0v) is 18.9. The summed E-state index contributed by atoms with van der Waals surface area (Å²) in [6.45, 7) is 3.45. The molecule has 7 heteroatoms. The van der Waals surface area contributed by atoms with E-state index in [1.165, 1.54) is 15.4 Å². The molecule has 1 amide bonds. The van der Waals surface area contributed by atoms with Gasteiger partial charge in [0.25, 0.3) is 0 Å². The molecule has 1 aliphatic heterocycles. The van der Waals surface area contributed by atoms with Crippen LogP contribution in [-0.4, -0.2) is 38.3 Å². The van der Waals surface area contributed by atoms with Gasteiger partial charge in [-0.3, -0.25) is 4.79 Å². The van der Waals surface area contributed by atoms with Crippen molar-refractivity contribution in [2.24, 2.45) is 5.92 Å². The van der Waals surface area contributed by atoms with Gasteiger partial charge in [-0.05, 0) is 49.8 Å². The average molecular weight is 449 g/mol. The van der Waals surface area contributed by atoms with Crippen LogP contribution >= 0.6 is 11.6 Å². The first kappa shape index (κ1) is 22.8. The van der Waals surface area contributed by atoms with E-state index in [1.54, 1.807) is 24.3 Å². The van der Waals surface area contributed by atoms with Crippen molar-refractivity contribution in [2.45, 2.75) is 38.4 Å². The number of hydrogen-bond donors (Lipinski definition) is 1. The van der Waals surface area contributed by atoms with Gasteiger partial charge in [0.1, 0.15) is 0 Å². The van der Waals surface area contributed by atoms with Gasteiger partial charge in [-0.25, -0.2) is 12.7 Å². The Morgan fingerprint density at radius 1 is 1.13 bits per heavy atom. The van der Waals surface area contributed by atoms with Crippen LogP contribution in [-0.2, 0) is 27.0 Å². The Morgan fingerprint density at radius 3 is 2.57 bits per heavy atom. The van der Waals surface area contributed by atoms with E-state index >= 15 is 0 Å². The molecule has 1 fully saturated rings. The van der Waals surface area contributed by atoms with Crippen LogP contribution in [0.1, 0.15) is 36.0 Å². The molecule has 0 saturated carbocycles. The molecule has 162 valence electrons. The highest BCUT2D eigenvalue weighted by atomic mass is 35.5. The number of halogens is 1. The van der Waals surface area contributed by atoms with Crippen LogP contribution in [0.2, 0.25) is 5.02 Å². The molecule has 2 aromatic rings. The molecule has 30 heavy (non-hydrogen) atoms. The fourth-order valence-electron chi connectivity index (χ4n) is 3.82. The van der Waals surface area contributed by atoms with Crippen LogP contribution in [0.25, 0.3) is 0 Å². The maximum absolute atomic E-state index is 12.7. The fourth-order valence-corrected chi connectivity index (χ4v) is 5.69. The summed E-state index contributed by atoms with van der Waals surface area (Å²) in [7, 11) is -3.45. The minimum Gasteiger partial charge on any atom is -0.356 e. The van der Waals surface area contributed by atoms with E-state index < -0.39 is 10.0 Å². The summed E-state index contributed by atoms with van der Waals surface area (Å²) in [5.41, 5.74) is 3.13. The van der Waals surface area contributed by atoms with Gasteiger partial charge >= 0.3 is 0 Å². The van der Waals surface area contributed by atoms with Crippen molar-refractivity contribution in [1.29, 1.82) is 0 Å². The van der Waals surface area contributed by atoms with E-state index in [0.717, 1.165) is 12.8 Å². The van der Waals surface area contributed by atoms with E-state index in [4.69, 9.17) is 11.6 Å². The Bertz CT molecular complexity index is 970. The molecular formula is C23H29ClN2O3S. The molecule has 1 saturated heterocycles. The van der Waals surface area contributed by atoms with Gasteiger partial charge in [0.05, 0.1) is 5.75 Å². The first-order valence-electron chi connectivity index (χ1n) is 10.4. The SMILES string of the molecule is Cc1cccc(CCCNC(=O)C2CCN(S(=O)(=O)Cc3ccccc3Cl)CC2)c1. The number of sulfonamides is 1. The number of nitrogens with one attached hydrogen (secondary N) is 1. The van der Waals surface area contributed by atoms with Gasteiger partial charge in [-0.1, -0.05) is 59.6 Å². The van der Waals surface area contributed by atoms with Crippen molar-refractivity contribution < 1.29 is 13.2 Å². The number of nitrogens with zero attached hydrogens (tertiary/aromatic N) is 1. The Morgan fingerprint density at radius 2 is 1.87 bits per heavy atom. The van der Waals surface area contributed by atoms with Crippen molar-refractivity contribution >= 4 is 27.5 Å². The molecular weight excluding hydrogens is 420 g/mol. The van der Waals surface area contributed by atoms with Crippen molar-refractivity contribution in [3.05, 3.63) is 70.2 Å². The summed E-state index contributed by atoms with van der Waals surface area (Å²) in [4.78, 5) is 12.5. The van der Waals surface area contributed by atoms with Crippen molar-refractivity contribution in [2.75, 3.05) is 19.6 Å². The highest BCUT2D eigenvalue weighted by Crippen LogP contribution is 2.24. The summed E-state index contributed by atoms with van der Waals surface area (Å²) in [6, 6.07) is 15.4. The minimum atomic E-state index is -3.45. The number of carbonyl (C=O) groups excluding carboxylic acids is 1. The summed E-state index contributed by atoms with van der Waals surface area (Å²) in [5.74, 6) is -0.208. The second-order valence-electron chi connectivity index (χ2n) is 7.90. The van der Waals surface area contributed by atoms with Gasteiger partial charge in [-0.2, -0.15) is 0 Å². The number of piperidine rings is 1. The average Bonchev–Trinajstić information content (AvgIpc) is 2.73. The third kappa shape index (κ3) is 6.30. The lowest BCUT2D eigenvalue weighted by atomic mass is 9.97. The maximum Gasteiger partial charge on any atom is 0.223 e. The number of aryl methyl sites for hydroxylation is 2. The first-order valence-corrected chi connectivity index (χ1v) is 12.4. The lowest BCUT2D eigenvalue weighted by Crippen LogP contribution is -2.43. The van der Waals surface area contributed by atoms with Crippen LogP contribution in [0.3, 0.4) is 0 Å². The van der Waals surface area contributed by atoms with Crippen LogP contribution in [0.15, 0.2) is 48.5 Å². The minimum absolute atomic E-state index is 0.0300. The Kier molecular flexibility index (Phi) is 7.92. The van der Waals surface area contributed by atoms with Crippen molar-refractivity contribution in [3.63, 3.8) is 0 Å². The van der Waals surface area contributed by atoms with Gasteiger partial charge in [-0.15, -0.1) is 0 Å². The molecule has 0 aliphatic carbocycles. The molecule has 1 aliphatic rings. The zero-order valence-electron chi connectivity index (χ0n) is 17.3. The van der Waals surface area contributed by atoms with Crippen LogP contribution in [0, 0.1) is 12.8 Å². The molecule has 3 rings (SSSR count). The molecule has 2 aromatic carbocycles. The molecule has 0 atom stereocenters. The van der Waals surface area contributed by atoms with Gasteiger partial charge < -0.3 is 5.32 Å². The topological polar surface area (TPSA) is 66.5 Å². The van der Waals surface area contributed by atoms with Crippen LogP contribution in [0.5, 0.6) is 0 Å². The largest absolute Gasteiger partial charge is 0.356 e. The van der Waals surface area contributed by atoms with Gasteiger partial charge in [0.2, 0.25) is 15.9 Å². The second kappa shape index (κ2) is 10.4. The van der Waals surface area contributed by atoms with E-state index in [9.17, 15) is 13.2 Å². The lowest BCUT2D eigenvalue weighted by Gasteiger charge is -2.30. The number of carbonyl (C=O) groups is 1. The molecule has 0 spiro atoms. The molecule has 0 aromatic heterocycles. The summed E-state index contributed by atoms with van der Waals surface area (Å²) < 4.78 is 26.9. The van der Waals surface area contributed by atoms with E-state index in [-0.39, 0.29) is 17.6 Å². The molecule has 0 unspecified atom stereocenters. The second-order valence-corrected chi connectivity index (χ2v) is 10.3. The van der Waals surface area contributed by atoms with Crippen molar-refractivity contribution in [3.8, 4) is 0 Å².